The second-order valence-electron chi connectivity index (χ2n) is 10.1. The van der Waals surface area contributed by atoms with E-state index in [1.54, 1.807) is 19.2 Å². The number of H-pyrrole nitrogens is 1. The standard InChI is InChI=1S/C27H28FN3O4/c1-15-10-19(2-3-21(15)28)31-23-11-18-14-29-30-22(18)12-20(23)24(25(31)16-5-8-35-9-6-16)17-4-7-27(34,13-17)26(32)33/h2-3,10-12,14,16-17,34H,4-9,13H2,1H3,(H,29,30)(H,32,33)/t17-,27+/m1/s1. The lowest BCUT2D eigenvalue weighted by Crippen LogP contribution is -2.35. The molecule has 1 aliphatic carbocycles. The maximum atomic E-state index is 14.2. The second kappa shape index (κ2) is 8.17. The zero-order chi connectivity index (χ0) is 24.3. The van der Waals surface area contributed by atoms with Crippen LogP contribution in [0.4, 0.5) is 4.39 Å². The van der Waals surface area contributed by atoms with Gasteiger partial charge in [0.15, 0.2) is 5.60 Å². The Morgan fingerprint density at radius 2 is 2.00 bits per heavy atom. The third-order valence-electron chi connectivity index (χ3n) is 7.91. The number of ether oxygens (including phenoxy) is 1. The van der Waals surface area contributed by atoms with E-state index in [-0.39, 0.29) is 30.5 Å². The molecule has 2 aromatic heterocycles. The smallest absolute Gasteiger partial charge is 0.335 e. The summed E-state index contributed by atoms with van der Waals surface area (Å²) < 4.78 is 22.1. The van der Waals surface area contributed by atoms with Crippen molar-refractivity contribution in [3.63, 3.8) is 0 Å². The lowest BCUT2D eigenvalue weighted by atomic mass is 9.85. The molecule has 1 saturated heterocycles. The normalized spacial score (nSPS) is 23.5. The van der Waals surface area contributed by atoms with E-state index in [0.29, 0.717) is 25.2 Å². The van der Waals surface area contributed by atoms with E-state index < -0.39 is 11.6 Å². The van der Waals surface area contributed by atoms with Gasteiger partial charge in [-0.3, -0.25) is 5.10 Å². The molecule has 4 aromatic rings. The number of carbonyl (C=O) groups is 1. The van der Waals surface area contributed by atoms with Gasteiger partial charge in [-0.25, -0.2) is 9.18 Å². The molecule has 7 nitrogen and oxygen atoms in total. The van der Waals surface area contributed by atoms with Crippen molar-refractivity contribution in [2.75, 3.05) is 13.2 Å². The Balaban J connectivity index is 1.67. The average Bonchev–Trinajstić information content (AvgIpc) is 3.55. The Morgan fingerprint density at radius 3 is 2.71 bits per heavy atom. The molecule has 2 aromatic carbocycles. The van der Waals surface area contributed by atoms with Gasteiger partial charge in [-0.15, -0.1) is 0 Å². The zero-order valence-corrected chi connectivity index (χ0v) is 19.6. The average molecular weight is 478 g/mol. The Morgan fingerprint density at radius 1 is 1.20 bits per heavy atom. The number of carboxylic acids is 1. The minimum atomic E-state index is -1.73. The minimum Gasteiger partial charge on any atom is -0.479 e. The predicted octanol–water partition coefficient (Wildman–Crippen LogP) is 4.93. The van der Waals surface area contributed by atoms with Gasteiger partial charge >= 0.3 is 5.97 Å². The maximum Gasteiger partial charge on any atom is 0.335 e. The van der Waals surface area contributed by atoms with Crippen molar-refractivity contribution < 1.29 is 24.1 Å². The van der Waals surface area contributed by atoms with Gasteiger partial charge in [-0.1, -0.05) is 0 Å². The van der Waals surface area contributed by atoms with Crippen molar-refractivity contribution in [1.82, 2.24) is 14.8 Å². The highest BCUT2D eigenvalue weighted by molar-refractivity contribution is 5.99. The van der Waals surface area contributed by atoms with Crippen LogP contribution < -0.4 is 0 Å². The van der Waals surface area contributed by atoms with E-state index in [1.165, 1.54) is 6.07 Å². The maximum absolute atomic E-state index is 14.2. The molecule has 3 heterocycles. The summed E-state index contributed by atoms with van der Waals surface area (Å²) in [6, 6.07) is 9.34. The van der Waals surface area contributed by atoms with Crippen LogP contribution in [-0.2, 0) is 9.53 Å². The van der Waals surface area contributed by atoms with Gasteiger partial charge in [-0.2, -0.15) is 5.10 Å². The molecule has 8 heteroatoms. The topological polar surface area (TPSA) is 100 Å². The highest BCUT2D eigenvalue weighted by Crippen LogP contribution is 2.49. The molecular weight excluding hydrogens is 449 g/mol. The van der Waals surface area contributed by atoms with Crippen LogP contribution in [0.1, 0.15) is 60.8 Å². The van der Waals surface area contributed by atoms with Crippen LogP contribution in [0, 0.1) is 12.7 Å². The molecule has 3 N–H and O–H groups in total. The van der Waals surface area contributed by atoms with Crippen molar-refractivity contribution in [2.24, 2.45) is 0 Å². The summed E-state index contributed by atoms with van der Waals surface area (Å²) in [5, 5.41) is 29.8. The summed E-state index contributed by atoms with van der Waals surface area (Å²) in [6.45, 7) is 3.07. The van der Waals surface area contributed by atoms with E-state index in [9.17, 15) is 19.4 Å². The van der Waals surface area contributed by atoms with Crippen LogP contribution in [-0.4, -0.2) is 49.8 Å². The van der Waals surface area contributed by atoms with Crippen LogP contribution in [0.15, 0.2) is 36.5 Å². The number of rotatable bonds is 4. The van der Waals surface area contributed by atoms with E-state index in [2.05, 4.69) is 26.9 Å². The van der Waals surface area contributed by atoms with Crippen molar-refractivity contribution in [1.29, 1.82) is 0 Å². The number of aliphatic hydroxyl groups is 1. The molecule has 2 atom stereocenters. The van der Waals surface area contributed by atoms with Crippen molar-refractivity contribution in [3.05, 3.63) is 59.2 Å². The van der Waals surface area contributed by atoms with Crippen molar-refractivity contribution in [3.8, 4) is 5.69 Å². The van der Waals surface area contributed by atoms with E-state index >= 15 is 0 Å². The number of aromatic amines is 1. The fourth-order valence-corrected chi connectivity index (χ4v) is 6.08. The molecule has 182 valence electrons. The number of aryl methyl sites for hydroxylation is 1. The van der Waals surface area contributed by atoms with E-state index in [0.717, 1.165) is 51.6 Å². The predicted molar refractivity (Wildman–Crippen MR) is 130 cm³/mol. The molecule has 35 heavy (non-hydrogen) atoms. The van der Waals surface area contributed by atoms with E-state index in [4.69, 9.17) is 4.74 Å². The second-order valence-corrected chi connectivity index (χ2v) is 10.1. The summed E-state index contributed by atoms with van der Waals surface area (Å²) in [4.78, 5) is 11.9. The Hall–Kier alpha value is -3.23. The summed E-state index contributed by atoms with van der Waals surface area (Å²) in [6.07, 6.45) is 4.45. The largest absolute Gasteiger partial charge is 0.479 e. The fourth-order valence-electron chi connectivity index (χ4n) is 6.08. The fraction of sp³-hybridized carbons (Fsp3) is 0.407. The molecule has 0 bridgehead atoms. The van der Waals surface area contributed by atoms with Gasteiger partial charge in [0, 0.05) is 41.3 Å². The lowest BCUT2D eigenvalue weighted by Gasteiger charge is -2.27. The van der Waals surface area contributed by atoms with Gasteiger partial charge in [0.2, 0.25) is 0 Å². The molecule has 2 fully saturated rings. The summed E-state index contributed by atoms with van der Waals surface area (Å²) in [5.74, 6) is -1.33. The molecule has 2 aliphatic rings. The van der Waals surface area contributed by atoms with Gasteiger partial charge < -0.3 is 19.5 Å². The van der Waals surface area contributed by atoms with Gasteiger partial charge in [0.25, 0.3) is 0 Å². The number of fused-ring (bicyclic) bond motifs is 2. The number of hydrogen-bond acceptors (Lipinski definition) is 4. The number of halogens is 1. The first-order valence-corrected chi connectivity index (χ1v) is 12.2. The van der Waals surface area contributed by atoms with Crippen molar-refractivity contribution in [2.45, 2.75) is 56.5 Å². The van der Waals surface area contributed by atoms with Gasteiger partial charge in [0.1, 0.15) is 5.82 Å². The zero-order valence-electron chi connectivity index (χ0n) is 19.6. The summed E-state index contributed by atoms with van der Waals surface area (Å²) >= 11 is 0. The number of aliphatic carboxylic acids is 1. The molecule has 0 amide bonds. The number of nitrogens with one attached hydrogen (secondary N) is 1. The molecule has 0 unspecified atom stereocenters. The third kappa shape index (κ3) is 3.54. The van der Waals surface area contributed by atoms with Crippen molar-refractivity contribution >= 4 is 27.8 Å². The monoisotopic (exact) mass is 477 g/mol. The number of carboxylic acid groups (broad SMARTS) is 1. The lowest BCUT2D eigenvalue weighted by molar-refractivity contribution is -0.157. The van der Waals surface area contributed by atoms with Crippen LogP contribution in [0.3, 0.4) is 0 Å². The quantitative estimate of drug-likeness (QED) is 0.387. The Kier molecular flexibility index (Phi) is 5.19. The number of benzene rings is 2. The number of hydrogen-bond donors (Lipinski definition) is 3. The Labute approximate surface area is 201 Å². The minimum absolute atomic E-state index is 0.111. The number of nitrogens with zero attached hydrogens (tertiary/aromatic N) is 2. The van der Waals surface area contributed by atoms with E-state index in [1.807, 2.05) is 6.07 Å². The first-order valence-electron chi connectivity index (χ1n) is 12.2. The summed E-state index contributed by atoms with van der Waals surface area (Å²) in [7, 11) is 0. The van der Waals surface area contributed by atoms with Crippen LogP contribution in [0.2, 0.25) is 0 Å². The highest BCUT2D eigenvalue weighted by atomic mass is 19.1. The molecule has 1 saturated carbocycles. The van der Waals surface area contributed by atoms with Crippen LogP contribution >= 0.6 is 0 Å². The molecule has 6 rings (SSSR count). The van der Waals surface area contributed by atoms with Gasteiger partial charge in [-0.05, 0) is 86.4 Å². The van der Waals surface area contributed by atoms with Crippen LogP contribution in [0.25, 0.3) is 27.5 Å². The first-order chi connectivity index (χ1) is 16.9. The first kappa shape index (κ1) is 22.2. The molecular formula is C27H28FN3O4. The molecule has 0 radical (unpaired) electrons. The summed E-state index contributed by atoms with van der Waals surface area (Å²) in [5.41, 5.74) is 3.79. The number of aromatic nitrogens is 3. The Bertz CT molecular complexity index is 1450. The SMILES string of the molecule is Cc1cc(-n2c(C3CCOCC3)c([C@@H]3CC[C@@](O)(C(=O)O)C3)c3cc4[nH]ncc4cc32)ccc1F. The van der Waals surface area contributed by atoms with Crippen LogP contribution in [0.5, 0.6) is 0 Å². The molecule has 1 aliphatic heterocycles. The third-order valence-corrected chi connectivity index (χ3v) is 7.91. The molecule has 0 spiro atoms. The highest BCUT2D eigenvalue weighted by Gasteiger charge is 2.46. The van der Waals surface area contributed by atoms with Gasteiger partial charge in [0.05, 0.1) is 17.2 Å².